The standard InChI is InChI=1S/C14H12F3N3O/c15-14(16,17)21-10-3-1-2-8(6-10)9-4-5-12-11(7-9)13(18)20-19-12/h1-7,11-12,19H,(H2,18,20). The highest BCUT2D eigenvalue weighted by atomic mass is 19.4. The minimum absolute atomic E-state index is 0.00311. The van der Waals surface area contributed by atoms with E-state index in [0.29, 0.717) is 11.4 Å². The van der Waals surface area contributed by atoms with E-state index in [-0.39, 0.29) is 17.7 Å². The molecule has 1 heterocycles. The maximum Gasteiger partial charge on any atom is 0.573 e. The summed E-state index contributed by atoms with van der Waals surface area (Å²) in [7, 11) is 0. The lowest BCUT2D eigenvalue weighted by molar-refractivity contribution is -0.274. The Bertz CT molecular complexity index is 649. The molecule has 7 heteroatoms. The second kappa shape index (κ2) is 4.83. The molecule has 0 saturated heterocycles. The van der Waals surface area contributed by atoms with Crippen LogP contribution >= 0.6 is 0 Å². The summed E-state index contributed by atoms with van der Waals surface area (Å²) >= 11 is 0. The van der Waals surface area contributed by atoms with E-state index in [1.54, 1.807) is 6.07 Å². The number of rotatable bonds is 2. The van der Waals surface area contributed by atoms with Crippen LogP contribution in [0.25, 0.3) is 5.57 Å². The van der Waals surface area contributed by atoms with Gasteiger partial charge < -0.3 is 15.9 Å². The van der Waals surface area contributed by atoms with Gasteiger partial charge in [-0.3, -0.25) is 0 Å². The minimum atomic E-state index is -4.70. The molecule has 1 aliphatic heterocycles. The van der Waals surface area contributed by atoms with Crippen molar-refractivity contribution in [3.63, 3.8) is 0 Å². The Kier molecular flexibility index (Phi) is 3.12. The fourth-order valence-electron chi connectivity index (χ4n) is 2.36. The molecule has 3 rings (SSSR count). The summed E-state index contributed by atoms with van der Waals surface area (Å²) in [6.45, 7) is 0. The van der Waals surface area contributed by atoms with Crippen LogP contribution in [0.2, 0.25) is 0 Å². The van der Waals surface area contributed by atoms with Gasteiger partial charge >= 0.3 is 6.36 Å². The largest absolute Gasteiger partial charge is 0.573 e. The van der Waals surface area contributed by atoms with Crippen molar-refractivity contribution in [1.82, 2.24) is 5.43 Å². The maximum atomic E-state index is 12.3. The molecule has 4 nitrogen and oxygen atoms in total. The number of alkyl halides is 3. The summed E-state index contributed by atoms with van der Waals surface area (Å²) < 4.78 is 40.7. The van der Waals surface area contributed by atoms with Gasteiger partial charge in [0.2, 0.25) is 0 Å². The van der Waals surface area contributed by atoms with Gasteiger partial charge in [-0.1, -0.05) is 30.4 Å². The number of nitrogens with two attached hydrogens (primary N) is 1. The normalized spacial score (nSPS) is 24.0. The number of hydrogen-bond acceptors (Lipinski definition) is 4. The van der Waals surface area contributed by atoms with Gasteiger partial charge in [0.05, 0.1) is 12.0 Å². The third kappa shape index (κ3) is 2.86. The maximum absolute atomic E-state index is 12.3. The molecular weight excluding hydrogens is 283 g/mol. The van der Waals surface area contributed by atoms with Crippen LogP contribution in [0, 0.1) is 5.92 Å². The Balaban J connectivity index is 1.87. The summed E-state index contributed by atoms with van der Waals surface area (Å²) in [4.78, 5) is 0. The molecule has 110 valence electrons. The van der Waals surface area contributed by atoms with Crippen molar-refractivity contribution in [2.24, 2.45) is 16.8 Å². The Hall–Kier alpha value is -2.44. The van der Waals surface area contributed by atoms with E-state index in [0.717, 1.165) is 5.57 Å². The summed E-state index contributed by atoms with van der Waals surface area (Å²) in [5.41, 5.74) is 10.1. The zero-order chi connectivity index (χ0) is 15.0. The summed E-state index contributed by atoms with van der Waals surface area (Å²) in [5.74, 6) is 0.129. The Morgan fingerprint density at radius 3 is 2.86 bits per heavy atom. The molecule has 21 heavy (non-hydrogen) atoms. The monoisotopic (exact) mass is 295 g/mol. The first kappa shape index (κ1) is 13.5. The van der Waals surface area contributed by atoms with Gasteiger partial charge in [0, 0.05) is 0 Å². The zero-order valence-electron chi connectivity index (χ0n) is 10.8. The van der Waals surface area contributed by atoms with Crippen molar-refractivity contribution < 1.29 is 17.9 Å². The molecule has 0 spiro atoms. The second-order valence-electron chi connectivity index (χ2n) is 4.77. The first-order valence-electron chi connectivity index (χ1n) is 6.27. The molecule has 2 aliphatic rings. The van der Waals surface area contributed by atoms with E-state index in [4.69, 9.17) is 5.73 Å². The number of benzene rings is 1. The number of hydrazone groups is 1. The summed E-state index contributed by atoms with van der Waals surface area (Å²) in [5, 5.41) is 3.95. The fraction of sp³-hybridized carbons (Fsp3) is 0.214. The van der Waals surface area contributed by atoms with Crippen LogP contribution in [-0.2, 0) is 0 Å². The molecule has 1 aromatic carbocycles. The molecule has 1 aliphatic carbocycles. The Labute approximate surface area is 118 Å². The van der Waals surface area contributed by atoms with Crippen molar-refractivity contribution in [2.45, 2.75) is 12.4 Å². The highest BCUT2D eigenvalue weighted by Crippen LogP contribution is 2.30. The lowest BCUT2D eigenvalue weighted by atomic mass is 9.89. The minimum Gasteiger partial charge on any atom is -0.406 e. The Morgan fingerprint density at radius 1 is 1.29 bits per heavy atom. The molecule has 0 aromatic heterocycles. The highest BCUT2D eigenvalue weighted by Gasteiger charge is 2.32. The lowest BCUT2D eigenvalue weighted by Gasteiger charge is -2.19. The number of amidine groups is 1. The van der Waals surface area contributed by atoms with Gasteiger partial charge in [0.25, 0.3) is 0 Å². The zero-order valence-corrected chi connectivity index (χ0v) is 10.8. The van der Waals surface area contributed by atoms with Gasteiger partial charge in [0.15, 0.2) is 0 Å². The van der Waals surface area contributed by atoms with Gasteiger partial charge in [-0.05, 0) is 23.3 Å². The molecule has 0 radical (unpaired) electrons. The van der Waals surface area contributed by atoms with E-state index in [1.807, 2.05) is 18.2 Å². The lowest BCUT2D eigenvalue weighted by Crippen LogP contribution is -2.30. The van der Waals surface area contributed by atoms with E-state index < -0.39 is 6.36 Å². The first-order valence-corrected chi connectivity index (χ1v) is 6.27. The SMILES string of the molecule is NC1=NNC2C=CC(c3cccc(OC(F)(F)F)c3)=CC12. The fourth-order valence-corrected chi connectivity index (χ4v) is 2.36. The van der Waals surface area contributed by atoms with Gasteiger partial charge in [-0.15, -0.1) is 13.2 Å². The van der Waals surface area contributed by atoms with Crippen LogP contribution in [0.3, 0.4) is 0 Å². The topological polar surface area (TPSA) is 59.6 Å². The van der Waals surface area contributed by atoms with Crippen LogP contribution in [0.4, 0.5) is 13.2 Å². The average Bonchev–Trinajstić information content (AvgIpc) is 2.78. The molecule has 1 aromatic rings. The predicted molar refractivity (Wildman–Crippen MR) is 72.3 cm³/mol. The van der Waals surface area contributed by atoms with E-state index in [1.165, 1.54) is 18.2 Å². The van der Waals surface area contributed by atoms with E-state index >= 15 is 0 Å². The first-order chi connectivity index (χ1) is 9.92. The van der Waals surface area contributed by atoms with Crippen LogP contribution < -0.4 is 15.9 Å². The molecule has 0 saturated carbocycles. The van der Waals surface area contributed by atoms with Crippen molar-refractivity contribution >= 4 is 11.4 Å². The molecule has 0 bridgehead atoms. The molecule has 0 fully saturated rings. The molecule has 3 N–H and O–H groups in total. The third-order valence-electron chi connectivity index (χ3n) is 3.31. The van der Waals surface area contributed by atoms with Crippen molar-refractivity contribution in [2.75, 3.05) is 0 Å². The van der Waals surface area contributed by atoms with Gasteiger partial charge in [-0.25, -0.2) is 0 Å². The molecular formula is C14H12F3N3O. The van der Waals surface area contributed by atoms with Gasteiger partial charge in [-0.2, -0.15) is 5.10 Å². The van der Waals surface area contributed by atoms with Crippen LogP contribution in [0.1, 0.15) is 5.56 Å². The quantitative estimate of drug-likeness (QED) is 0.881. The number of allylic oxidation sites excluding steroid dienone is 2. The van der Waals surface area contributed by atoms with Crippen LogP contribution in [0.15, 0.2) is 47.6 Å². The number of hydrogen-bond donors (Lipinski definition) is 2. The van der Waals surface area contributed by atoms with Crippen molar-refractivity contribution in [3.8, 4) is 5.75 Å². The predicted octanol–water partition coefficient (Wildman–Crippen LogP) is 2.40. The molecule has 2 atom stereocenters. The smallest absolute Gasteiger partial charge is 0.406 e. The van der Waals surface area contributed by atoms with E-state index in [2.05, 4.69) is 15.3 Å². The number of nitrogens with one attached hydrogen (secondary N) is 1. The highest BCUT2D eigenvalue weighted by molar-refractivity contribution is 5.91. The number of halogens is 3. The molecule has 0 amide bonds. The Morgan fingerprint density at radius 2 is 2.10 bits per heavy atom. The summed E-state index contributed by atoms with van der Waals surface area (Å²) in [6.07, 6.45) is 0.902. The van der Waals surface area contributed by atoms with Crippen LogP contribution in [0.5, 0.6) is 5.75 Å². The average molecular weight is 295 g/mol. The third-order valence-corrected chi connectivity index (χ3v) is 3.31. The number of ether oxygens (including phenoxy) is 1. The number of fused-ring (bicyclic) bond motifs is 1. The number of nitrogens with zero attached hydrogens (tertiary/aromatic N) is 1. The van der Waals surface area contributed by atoms with Crippen LogP contribution in [-0.4, -0.2) is 18.2 Å². The summed E-state index contributed by atoms with van der Waals surface area (Å²) in [6, 6.07) is 5.85. The van der Waals surface area contributed by atoms with Crippen molar-refractivity contribution in [1.29, 1.82) is 0 Å². The second-order valence-corrected chi connectivity index (χ2v) is 4.77. The van der Waals surface area contributed by atoms with E-state index in [9.17, 15) is 13.2 Å². The van der Waals surface area contributed by atoms with Gasteiger partial charge in [0.1, 0.15) is 11.6 Å². The van der Waals surface area contributed by atoms with Crippen molar-refractivity contribution in [3.05, 3.63) is 48.1 Å². The molecule has 2 unspecified atom stereocenters.